The SMILES string of the molecule is CCCOc1ccc(C(=O)NCCOc2ccc(C)cc2C)cc1. The number of ether oxygens (including phenoxy) is 2. The molecule has 0 heterocycles. The summed E-state index contributed by atoms with van der Waals surface area (Å²) < 4.78 is 11.2. The molecular formula is C20H25NO3. The molecule has 0 aliphatic heterocycles. The minimum Gasteiger partial charge on any atom is -0.494 e. The van der Waals surface area contributed by atoms with Gasteiger partial charge in [-0.3, -0.25) is 4.79 Å². The van der Waals surface area contributed by atoms with Crippen molar-refractivity contribution >= 4 is 5.91 Å². The highest BCUT2D eigenvalue weighted by atomic mass is 16.5. The first-order chi connectivity index (χ1) is 11.6. The molecule has 0 spiro atoms. The van der Waals surface area contributed by atoms with E-state index in [-0.39, 0.29) is 5.91 Å². The standard InChI is InChI=1S/C20H25NO3/c1-4-12-23-18-8-6-17(7-9-18)20(22)21-11-13-24-19-10-5-15(2)14-16(19)3/h5-10,14H,4,11-13H2,1-3H3,(H,21,22). The van der Waals surface area contributed by atoms with Crippen LogP contribution in [0.4, 0.5) is 0 Å². The van der Waals surface area contributed by atoms with E-state index in [9.17, 15) is 4.79 Å². The Bertz CT molecular complexity index is 665. The molecule has 1 N–H and O–H groups in total. The van der Waals surface area contributed by atoms with E-state index in [1.165, 1.54) is 5.56 Å². The molecule has 2 aromatic carbocycles. The molecule has 0 atom stereocenters. The molecule has 2 rings (SSSR count). The first-order valence-electron chi connectivity index (χ1n) is 8.31. The van der Waals surface area contributed by atoms with E-state index in [0.29, 0.717) is 25.3 Å². The van der Waals surface area contributed by atoms with Crippen molar-refractivity contribution < 1.29 is 14.3 Å². The van der Waals surface area contributed by atoms with Crippen LogP contribution in [0, 0.1) is 13.8 Å². The molecule has 1 amide bonds. The summed E-state index contributed by atoms with van der Waals surface area (Å²) in [5.74, 6) is 1.53. The molecule has 4 heteroatoms. The van der Waals surface area contributed by atoms with Crippen molar-refractivity contribution in [3.63, 3.8) is 0 Å². The summed E-state index contributed by atoms with van der Waals surface area (Å²) in [5, 5.41) is 2.86. The highest BCUT2D eigenvalue weighted by molar-refractivity contribution is 5.94. The van der Waals surface area contributed by atoms with E-state index >= 15 is 0 Å². The maximum atomic E-state index is 12.1. The lowest BCUT2D eigenvalue weighted by Crippen LogP contribution is -2.28. The largest absolute Gasteiger partial charge is 0.494 e. The number of aryl methyl sites for hydroxylation is 2. The number of carbonyl (C=O) groups excluding carboxylic acids is 1. The second kappa shape index (κ2) is 8.96. The zero-order valence-electron chi connectivity index (χ0n) is 14.6. The summed E-state index contributed by atoms with van der Waals surface area (Å²) >= 11 is 0. The van der Waals surface area contributed by atoms with Crippen molar-refractivity contribution in [1.82, 2.24) is 5.32 Å². The molecule has 0 saturated heterocycles. The highest BCUT2D eigenvalue weighted by Gasteiger charge is 2.05. The van der Waals surface area contributed by atoms with E-state index in [2.05, 4.69) is 25.2 Å². The fourth-order valence-electron chi connectivity index (χ4n) is 2.31. The van der Waals surface area contributed by atoms with Crippen molar-refractivity contribution in [3.05, 3.63) is 59.2 Å². The van der Waals surface area contributed by atoms with Gasteiger partial charge in [0.25, 0.3) is 5.91 Å². The third-order valence-electron chi connectivity index (χ3n) is 3.56. The Balaban J connectivity index is 1.76. The van der Waals surface area contributed by atoms with Crippen LogP contribution in [0.3, 0.4) is 0 Å². The van der Waals surface area contributed by atoms with E-state index < -0.39 is 0 Å². The smallest absolute Gasteiger partial charge is 0.251 e. The average molecular weight is 327 g/mol. The zero-order chi connectivity index (χ0) is 17.4. The third kappa shape index (κ3) is 5.30. The fraction of sp³-hybridized carbons (Fsp3) is 0.350. The van der Waals surface area contributed by atoms with Crippen molar-refractivity contribution in [1.29, 1.82) is 0 Å². The second-order valence-corrected chi connectivity index (χ2v) is 5.75. The Morgan fingerprint density at radius 1 is 1.00 bits per heavy atom. The summed E-state index contributed by atoms with van der Waals surface area (Å²) in [5.41, 5.74) is 2.92. The van der Waals surface area contributed by atoms with Gasteiger partial charge in [0.05, 0.1) is 13.2 Å². The number of carbonyl (C=O) groups is 1. The van der Waals surface area contributed by atoms with Crippen LogP contribution in [0.2, 0.25) is 0 Å². The molecule has 0 fully saturated rings. The fourth-order valence-corrected chi connectivity index (χ4v) is 2.31. The summed E-state index contributed by atoms with van der Waals surface area (Å²) in [7, 11) is 0. The van der Waals surface area contributed by atoms with Gasteiger partial charge in [0.15, 0.2) is 0 Å². The van der Waals surface area contributed by atoms with Gasteiger partial charge in [0.2, 0.25) is 0 Å². The maximum Gasteiger partial charge on any atom is 0.251 e. The predicted molar refractivity (Wildman–Crippen MR) is 96.0 cm³/mol. The molecule has 24 heavy (non-hydrogen) atoms. The van der Waals surface area contributed by atoms with Crippen molar-refractivity contribution in [2.24, 2.45) is 0 Å². The van der Waals surface area contributed by atoms with E-state index in [1.54, 1.807) is 12.1 Å². The predicted octanol–water partition coefficient (Wildman–Crippen LogP) is 3.90. The van der Waals surface area contributed by atoms with Gasteiger partial charge in [-0.05, 0) is 56.2 Å². The van der Waals surface area contributed by atoms with E-state index in [1.807, 2.05) is 31.2 Å². The van der Waals surface area contributed by atoms with Crippen molar-refractivity contribution in [2.45, 2.75) is 27.2 Å². The Morgan fingerprint density at radius 2 is 1.75 bits per heavy atom. The number of amides is 1. The van der Waals surface area contributed by atoms with Gasteiger partial charge in [0, 0.05) is 5.56 Å². The number of nitrogens with one attached hydrogen (secondary N) is 1. The van der Waals surface area contributed by atoms with Crippen LogP contribution in [0.5, 0.6) is 11.5 Å². The zero-order valence-corrected chi connectivity index (χ0v) is 14.6. The Hall–Kier alpha value is -2.49. The minimum absolute atomic E-state index is 0.110. The van der Waals surface area contributed by atoms with Crippen molar-refractivity contribution in [2.75, 3.05) is 19.8 Å². The van der Waals surface area contributed by atoms with Gasteiger partial charge in [0.1, 0.15) is 18.1 Å². The summed E-state index contributed by atoms with van der Waals surface area (Å²) in [6, 6.07) is 13.2. The average Bonchev–Trinajstić information content (AvgIpc) is 2.58. The number of rotatable bonds is 8. The van der Waals surface area contributed by atoms with Crippen LogP contribution in [0.1, 0.15) is 34.8 Å². The topological polar surface area (TPSA) is 47.6 Å². The number of hydrogen-bond donors (Lipinski definition) is 1. The minimum atomic E-state index is -0.110. The van der Waals surface area contributed by atoms with E-state index in [4.69, 9.17) is 9.47 Å². The number of benzene rings is 2. The monoisotopic (exact) mass is 327 g/mol. The molecule has 0 aromatic heterocycles. The molecular weight excluding hydrogens is 302 g/mol. The molecule has 0 unspecified atom stereocenters. The van der Waals surface area contributed by atoms with Crippen LogP contribution in [0.25, 0.3) is 0 Å². The van der Waals surface area contributed by atoms with Gasteiger partial charge < -0.3 is 14.8 Å². The molecule has 0 bridgehead atoms. The summed E-state index contributed by atoms with van der Waals surface area (Å²) in [6.07, 6.45) is 0.961. The third-order valence-corrected chi connectivity index (χ3v) is 3.56. The van der Waals surface area contributed by atoms with Gasteiger partial charge in [-0.25, -0.2) is 0 Å². The van der Waals surface area contributed by atoms with Crippen molar-refractivity contribution in [3.8, 4) is 11.5 Å². The molecule has 2 aromatic rings. The lowest BCUT2D eigenvalue weighted by Gasteiger charge is -2.11. The van der Waals surface area contributed by atoms with Gasteiger partial charge in [-0.2, -0.15) is 0 Å². The van der Waals surface area contributed by atoms with Gasteiger partial charge >= 0.3 is 0 Å². The van der Waals surface area contributed by atoms with Crippen LogP contribution in [0.15, 0.2) is 42.5 Å². The quantitative estimate of drug-likeness (QED) is 0.748. The van der Waals surface area contributed by atoms with Gasteiger partial charge in [-0.1, -0.05) is 24.6 Å². The maximum absolute atomic E-state index is 12.1. The highest BCUT2D eigenvalue weighted by Crippen LogP contribution is 2.18. The Morgan fingerprint density at radius 3 is 2.42 bits per heavy atom. The molecule has 4 nitrogen and oxygen atoms in total. The van der Waals surface area contributed by atoms with E-state index in [0.717, 1.165) is 23.5 Å². The van der Waals surface area contributed by atoms with Crippen LogP contribution in [-0.2, 0) is 0 Å². The van der Waals surface area contributed by atoms with Gasteiger partial charge in [-0.15, -0.1) is 0 Å². The normalized spacial score (nSPS) is 10.3. The summed E-state index contributed by atoms with van der Waals surface area (Å²) in [4.78, 5) is 12.1. The lowest BCUT2D eigenvalue weighted by molar-refractivity contribution is 0.0947. The Kier molecular flexibility index (Phi) is 6.67. The Labute approximate surface area is 143 Å². The first-order valence-corrected chi connectivity index (χ1v) is 8.31. The number of hydrogen-bond acceptors (Lipinski definition) is 3. The first kappa shape index (κ1) is 17.9. The van der Waals surface area contributed by atoms with Crippen LogP contribution >= 0.6 is 0 Å². The molecule has 128 valence electrons. The second-order valence-electron chi connectivity index (χ2n) is 5.75. The molecule has 0 saturated carbocycles. The molecule has 0 aliphatic rings. The molecule has 0 aliphatic carbocycles. The molecule has 0 radical (unpaired) electrons. The summed E-state index contributed by atoms with van der Waals surface area (Å²) in [6.45, 7) is 7.70. The van der Waals surface area contributed by atoms with Crippen LogP contribution < -0.4 is 14.8 Å². The lowest BCUT2D eigenvalue weighted by atomic mass is 10.1. The van der Waals surface area contributed by atoms with Crippen LogP contribution in [-0.4, -0.2) is 25.7 Å².